The summed E-state index contributed by atoms with van der Waals surface area (Å²) in [7, 11) is 0. The van der Waals surface area contributed by atoms with Gasteiger partial charge in [-0.3, -0.25) is 5.43 Å². The van der Waals surface area contributed by atoms with Crippen LogP contribution in [-0.2, 0) is 0 Å². The van der Waals surface area contributed by atoms with Gasteiger partial charge in [-0.15, -0.1) is 0 Å². The van der Waals surface area contributed by atoms with Gasteiger partial charge in [0.1, 0.15) is 11.6 Å². The van der Waals surface area contributed by atoms with Crippen molar-refractivity contribution < 1.29 is 9.13 Å². The topological polar surface area (TPSA) is 51.4 Å². The van der Waals surface area contributed by atoms with Crippen LogP contribution >= 0.6 is 0 Å². The lowest BCUT2D eigenvalue weighted by atomic mass is 9.69. The highest BCUT2D eigenvalue weighted by Gasteiger charge is 2.57. The highest BCUT2D eigenvalue weighted by atomic mass is 19.1. The molecule has 1 N–H and O–H groups in total. The first-order valence-electron chi connectivity index (χ1n) is 11.4. The zero-order valence-electron chi connectivity index (χ0n) is 19.5. The molecule has 0 unspecified atom stereocenters. The Hall–Kier alpha value is -3.41. The third kappa shape index (κ3) is 3.54. The molecule has 33 heavy (non-hydrogen) atoms. The van der Waals surface area contributed by atoms with Crippen LogP contribution in [-0.4, -0.2) is 16.0 Å². The number of ether oxygens (including phenoxy) is 1. The van der Waals surface area contributed by atoms with Crippen LogP contribution in [0.5, 0.6) is 11.6 Å². The average Bonchev–Trinajstić information content (AvgIpc) is 3.30. The molecule has 5 nitrogen and oxygen atoms in total. The van der Waals surface area contributed by atoms with E-state index in [4.69, 9.17) is 9.84 Å². The molecule has 1 heterocycles. The summed E-state index contributed by atoms with van der Waals surface area (Å²) in [6.45, 7) is 8.96. The van der Waals surface area contributed by atoms with E-state index in [0.29, 0.717) is 17.5 Å². The number of benzene rings is 2. The number of nitrogens with one attached hydrogen (secondary N) is 1. The Morgan fingerprint density at radius 2 is 1.85 bits per heavy atom. The van der Waals surface area contributed by atoms with Crippen molar-refractivity contribution in [3.8, 4) is 17.3 Å². The number of hydrazone groups is 1. The van der Waals surface area contributed by atoms with Crippen LogP contribution in [0.2, 0.25) is 0 Å². The minimum absolute atomic E-state index is 0.103. The number of allylic oxidation sites excluding steroid dienone is 2. The summed E-state index contributed by atoms with van der Waals surface area (Å²) >= 11 is 0. The molecule has 6 heteroatoms. The number of aromatic nitrogens is 2. The van der Waals surface area contributed by atoms with Crippen molar-refractivity contribution in [2.75, 3.05) is 0 Å². The van der Waals surface area contributed by atoms with Crippen molar-refractivity contribution in [3.05, 3.63) is 83.4 Å². The zero-order valence-corrected chi connectivity index (χ0v) is 19.5. The van der Waals surface area contributed by atoms with Gasteiger partial charge in [0.15, 0.2) is 0 Å². The maximum atomic E-state index is 13.4. The number of hydrogen-bond acceptors (Lipinski definition) is 4. The first-order valence-corrected chi connectivity index (χ1v) is 11.4. The summed E-state index contributed by atoms with van der Waals surface area (Å²) in [5.41, 5.74) is 7.27. The Morgan fingerprint density at radius 3 is 2.48 bits per heavy atom. The number of nitrogens with zero attached hydrogens (tertiary/aromatic N) is 3. The van der Waals surface area contributed by atoms with E-state index in [1.54, 1.807) is 23.0 Å². The molecule has 2 aromatic carbocycles. The molecule has 2 aliphatic rings. The Labute approximate surface area is 194 Å². The second kappa shape index (κ2) is 7.87. The molecule has 2 atom stereocenters. The van der Waals surface area contributed by atoms with Crippen LogP contribution < -0.4 is 10.2 Å². The molecular weight excluding hydrogens is 415 g/mol. The minimum Gasteiger partial charge on any atom is -0.438 e. The number of fused-ring (bicyclic) bond motifs is 2. The standard InChI is InChI=1S/C27H29FN4O/c1-18-23(17-29-30-24-16-19-14-15-27(24,4)26(19,2)3)25(33-22-12-10-20(28)11-13-22)32(31-18)21-8-6-5-7-9-21/h5-13,16-17,19,30H,14-15H2,1-4H3/b29-17-/t19-,27-/m1/s1. The molecule has 0 aliphatic heterocycles. The van der Waals surface area contributed by atoms with Crippen molar-refractivity contribution >= 4 is 6.21 Å². The van der Waals surface area contributed by atoms with Crippen molar-refractivity contribution in [2.24, 2.45) is 21.8 Å². The molecule has 2 aliphatic carbocycles. The molecule has 0 radical (unpaired) electrons. The molecule has 170 valence electrons. The van der Waals surface area contributed by atoms with Crippen LogP contribution in [0.25, 0.3) is 5.69 Å². The first-order chi connectivity index (χ1) is 15.8. The number of aryl methyl sites for hydroxylation is 1. The van der Waals surface area contributed by atoms with Gasteiger partial charge in [0.2, 0.25) is 5.88 Å². The highest BCUT2D eigenvalue weighted by Crippen LogP contribution is 2.64. The predicted molar refractivity (Wildman–Crippen MR) is 128 cm³/mol. The zero-order chi connectivity index (χ0) is 23.2. The molecule has 3 aromatic rings. The minimum atomic E-state index is -0.309. The second-order valence-corrected chi connectivity index (χ2v) is 9.76. The molecule has 0 amide bonds. The van der Waals surface area contributed by atoms with E-state index in [1.165, 1.54) is 30.7 Å². The third-order valence-electron chi connectivity index (χ3n) is 7.74. The summed E-state index contributed by atoms with van der Waals surface area (Å²) in [4.78, 5) is 0. The van der Waals surface area contributed by atoms with Crippen LogP contribution in [0.15, 0.2) is 71.5 Å². The Kier molecular flexibility index (Phi) is 5.11. The molecule has 1 fully saturated rings. The average molecular weight is 445 g/mol. The predicted octanol–water partition coefficient (Wildman–Crippen LogP) is 6.38. The van der Waals surface area contributed by atoms with E-state index in [0.717, 1.165) is 16.9 Å². The van der Waals surface area contributed by atoms with E-state index in [1.807, 2.05) is 37.3 Å². The van der Waals surface area contributed by atoms with Gasteiger partial charge in [-0.1, -0.05) is 45.0 Å². The van der Waals surface area contributed by atoms with Crippen molar-refractivity contribution in [3.63, 3.8) is 0 Å². The van der Waals surface area contributed by atoms with Crippen molar-refractivity contribution in [1.29, 1.82) is 0 Å². The van der Waals surface area contributed by atoms with Gasteiger partial charge in [0.05, 0.1) is 23.2 Å². The summed E-state index contributed by atoms with van der Waals surface area (Å²) < 4.78 is 21.4. The van der Waals surface area contributed by atoms with E-state index in [-0.39, 0.29) is 16.6 Å². The Morgan fingerprint density at radius 1 is 1.12 bits per heavy atom. The molecule has 5 rings (SSSR count). The fourth-order valence-electron chi connectivity index (χ4n) is 5.15. The van der Waals surface area contributed by atoms with Crippen LogP contribution in [0.4, 0.5) is 4.39 Å². The van der Waals surface area contributed by atoms with Gasteiger partial charge in [0, 0.05) is 11.1 Å². The SMILES string of the molecule is Cc1nn(-c2ccccc2)c(Oc2ccc(F)cc2)c1/C=N\NC1=C[C@H]2CC[C@@]1(C)C2(C)C. The van der Waals surface area contributed by atoms with Gasteiger partial charge in [-0.05, 0) is 67.5 Å². The lowest BCUT2D eigenvalue weighted by molar-refractivity contribution is 0.164. The Balaban J connectivity index is 1.47. The summed E-state index contributed by atoms with van der Waals surface area (Å²) in [5.74, 6) is 1.34. The van der Waals surface area contributed by atoms with Crippen LogP contribution in [0, 0.1) is 29.5 Å². The third-order valence-corrected chi connectivity index (χ3v) is 7.74. The fourth-order valence-corrected chi connectivity index (χ4v) is 5.15. The molecule has 1 aromatic heterocycles. The van der Waals surface area contributed by atoms with Gasteiger partial charge in [-0.2, -0.15) is 14.9 Å². The summed E-state index contributed by atoms with van der Waals surface area (Å²) in [6, 6.07) is 15.8. The van der Waals surface area contributed by atoms with Gasteiger partial charge < -0.3 is 4.74 Å². The molecule has 2 bridgehead atoms. The largest absolute Gasteiger partial charge is 0.438 e. The lowest BCUT2D eigenvalue weighted by Gasteiger charge is -2.36. The lowest BCUT2D eigenvalue weighted by Crippen LogP contribution is -2.33. The number of rotatable bonds is 6. The molecule has 0 spiro atoms. The quantitative estimate of drug-likeness (QED) is 0.355. The molecule has 1 saturated carbocycles. The maximum Gasteiger partial charge on any atom is 0.231 e. The van der Waals surface area contributed by atoms with E-state index >= 15 is 0 Å². The smallest absolute Gasteiger partial charge is 0.231 e. The fraction of sp³-hybridized carbons (Fsp3) is 0.333. The van der Waals surface area contributed by atoms with E-state index < -0.39 is 0 Å². The van der Waals surface area contributed by atoms with Crippen molar-refractivity contribution in [2.45, 2.75) is 40.5 Å². The van der Waals surface area contributed by atoms with E-state index in [9.17, 15) is 4.39 Å². The van der Waals surface area contributed by atoms with Gasteiger partial charge in [-0.25, -0.2) is 4.39 Å². The Bertz CT molecular complexity index is 1230. The van der Waals surface area contributed by atoms with Gasteiger partial charge in [0.25, 0.3) is 0 Å². The second-order valence-electron chi connectivity index (χ2n) is 9.76. The van der Waals surface area contributed by atoms with Crippen LogP contribution in [0.1, 0.15) is 44.9 Å². The number of hydrogen-bond donors (Lipinski definition) is 1. The molecule has 0 saturated heterocycles. The van der Waals surface area contributed by atoms with Crippen LogP contribution in [0.3, 0.4) is 0 Å². The van der Waals surface area contributed by atoms with E-state index in [2.05, 4.69) is 37.4 Å². The highest BCUT2D eigenvalue weighted by molar-refractivity contribution is 5.84. The first kappa shape index (κ1) is 21.4. The van der Waals surface area contributed by atoms with Crippen molar-refractivity contribution in [1.82, 2.24) is 15.2 Å². The normalized spacial score (nSPS) is 23.2. The maximum absolute atomic E-state index is 13.4. The summed E-state index contributed by atoms with van der Waals surface area (Å²) in [5, 5.41) is 9.30. The summed E-state index contributed by atoms with van der Waals surface area (Å²) in [6.07, 6.45) is 6.51. The number of halogens is 1. The number of para-hydroxylation sites is 1. The molecular formula is C27H29FN4O. The monoisotopic (exact) mass is 444 g/mol. The van der Waals surface area contributed by atoms with Gasteiger partial charge >= 0.3 is 0 Å².